The average molecular weight is 387 g/mol. The van der Waals surface area contributed by atoms with Gasteiger partial charge < -0.3 is 15.8 Å². The molecule has 0 amide bonds. The van der Waals surface area contributed by atoms with Gasteiger partial charge in [-0.15, -0.1) is 24.8 Å². The summed E-state index contributed by atoms with van der Waals surface area (Å²) >= 11 is 0. The van der Waals surface area contributed by atoms with Crippen LogP contribution in [0.25, 0.3) is 6.08 Å². The summed E-state index contributed by atoms with van der Waals surface area (Å²) in [5.41, 5.74) is 9.20. The van der Waals surface area contributed by atoms with Gasteiger partial charge in [0.15, 0.2) is 0 Å². The molecule has 3 nitrogen and oxygen atoms in total. The van der Waals surface area contributed by atoms with Crippen molar-refractivity contribution in [1.82, 2.24) is 5.32 Å². The lowest BCUT2D eigenvalue weighted by Crippen LogP contribution is -2.45. The van der Waals surface area contributed by atoms with Gasteiger partial charge in [0.2, 0.25) is 0 Å². The summed E-state index contributed by atoms with van der Waals surface area (Å²) in [6.07, 6.45) is 6.96. The molecule has 3 rings (SSSR count). The van der Waals surface area contributed by atoms with E-state index in [1.807, 2.05) is 0 Å². The Hall–Kier alpha value is -0.580. The highest BCUT2D eigenvalue weighted by Gasteiger charge is 2.41. The van der Waals surface area contributed by atoms with Gasteiger partial charge in [-0.2, -0.15) is 0 Å². The Balaban J connectivity index is 0.00000156. The van der Waals surface area contributed by atoms with Crippen molar-refractivity contribution in [2.45, 2.75) is 38.6 Å². The molecule has 2 atom stereocenters. The molecule has 0 aromatic heterocycles. The molecular weight excluding hydrogens is 355 g/mol. The van der Waals surface area contributed by atoms with E-state index in [1.54, 1.807) is 5.57 Å². The Morgan fingerprint density at radius 1 is 1.24 bits per heavy atom. The maximum absolute atomic E-state index is 6.06. The molecule has 3 N–H and O–H groups in total. The summed E-state index contributed by atoms with van der Waals surface area (Å²) in [5.74, 6) is 0.704. The Kier molecular flexibility index (Phi) is 9.47. The Labute approximate surface area is 164 Å². The van der Waals surface area contributed by atoms with Crippen LogP contribution in [0.15, 0.2) is 35.9 Å². The van der Waals surface area contributed by atoms with Gasteiger partial charge in [-0.25, -0.2) is 0 Å². The van der Waals surface area contributed by atoms with Crippen LogP contribution in [0.2, 0.25) is 0 Å². The first kappa shape index (κ1) is 22.5. The van der Waals surface area contributed by atoms with E-state index in [0.29, 0.717) is 12.0 Å². The second-order valence-corrected chi connectivity index (χ2v) is 7.13. The monoisotopic (exact) mass is 386 g/mol. The van der Waals surface area contributed by atoms with Crippen LogP contribution in [-0.4, -0.2) is 32.3 Å². The van der Waals surface area contributed by atoms with Gasteiger partial charge >= 0.3 is 0 Å². The first-order chi connectivity index (χ1) is 11.3. The molecule has 1 aromatic carbocycles. The predicted octanol–water partition coefficient (Wildman–Crippen LogP) is 4.06. The van der Waals surface area contributed by atoms with Crippen molar-refractivity contribution in [3.8, 4) is 0 Å². The van der Waals surface area contributed by atoms with Gasteiger partial charge in [0.25, 0.3) is 0 Å². The molecule has 1 saturated heterocycles. The largest absolute Gasteiger partial charge is 0.381 e. The minimum absolute atomic E-state index is 0. The highest BCUT2D eigenvalue weighted by Crippen LogP contribution is 2.40. The third-order valence-corrected chi connectivity index (χ3v) is 5.55. The molecule has 0 radical (unpaired) electrons. The van der Waals surface area contributed by atoms with Crippen LogP contribution in [0.3, 0.4) is 0 Å². The molecular formula is C20H32Cl2N2O. The second kappa shape index (κ2) is 10.5. The van der Waals surface area contributed by atoms with E-state index in [1.165, 1.54) is 12.0 Å². The Morgan fingerprint density at radius 2 is 1.92 bits per heavy atom. The third kappa shape index (κ3) is 5.97. The fraction of sp³-hybridized carbons (Fsp3) is 0.600. The lowest BCUT2D eigenvalue weighted by molar-refractivity contribution is 0.0190. The molecule has 1 saturated carbocycles. The SMILES string of the molecule is CCC(=Cc1ccccc1)[C@@H]1CC1NCC1(CN)CCOCC1.Cl.Cl. The first-order valence-corrected chi connectivity index (χ1v) is 9.03. The number of hydrogen-bond acceptors (Lipinski definition) is 3. The van der Waals surface area contributed by atoms with E-state index < -0.39 is 0 Å². The number of rotatable bonds is 7. The van der Waals surface area contributed by atoms with Gasteiger partial charge in [0.05, 0.1) is 0 Å². The van der Waals surface area contributed by atoms with Crippen LogP contribution in [0.4, 0.5) is 0 Å². The van der Waals surface area contributed by atoms with Gasteiger partial charge in [0.1, 0.15) is 0 Å². The third-order valence-electron chi connectivity index (χ3n) is 5.55. The van der Waals surface area contributed by atoms with Crippen LogP contribution < -0.4 is 11.1 Å². The number of nitrogens with one attached hydrogen (secondary N) is 1. The van der Waals surface area contributed by atoms with Crippen molar-refractivity contribution >= 4 is 30.9 Å². The first-order valence-electron chi connectivity index (χ1n) is 9.03. The Morgan fingerprint density at radius 3 is 2.52 bits per heavy atom. The maximum atomic E-state index is 6.06. The van der Waals surface area contributed by atoms with Gasteiger partial charge in [0, 0.05) is 25.8 Å². The molecule has 1 unspecified atom stereocenters. The number of hydrogen-bond donors (Lipinski definition) is 2. The van der Waals surface area contributed by atoms with E-state index in [4.69, 9.17) is 10.5 Å². The lowest BCUT2D eigenvalue weighted by Gasteiger charge is -2.36. The van der Waals surface area contributed by atoms with Crippen molar-refractivity contribution < 1.29 is 4.74 Å². The smallest absolute Gasteiger partial charge is 0.0472 e. The van der Waals surface area contributed by atoms with Gasteiger partial charge in [-0.05, 0) is 49.1 Å². The molecule has 5 heteroatoms. The van der Waals surface area contributed by atoms with Gasteiger partial charge in [-0.1, -0.05) is 48.9 Å². The quantitative estimate of drug-likeness (QED) is 0.742. The molecule has 2 fully saturated rings. The Bertz CT molecular complexity index is 530. The zero-order chi connectivity index (χ0) is 16.1. The average Bonchev–Trinajstić information content (AvgIpc) is 3.39. The van der Waals surface area contributed by atoms with Crippen LogP contribution in [0.1, 0.15) is 38.2 Å². The van der Waals surface area contributed by atoms with Crippen LogP contribution in [0, 0.1) is 11.3 Å². The summed E-state index contributed by atoms with van der Waals surface area (Å²) in [7, 11) is 0. The number of ether oxygens (including phenoxy) is 1. The molecule has 1 aliphatic carbocycles. The highest BCUT2D eigenvalue weighted by atomic mass is 35.5. The van der Waals surface area contributed by atoms with Crippen LogP contribution in [-0.2, 0) is 4.74 Å². The van der Waals surface area contributed by atoms with Crippen LogP contribution >= 0.6 is 24.8 Å². The normalized spacial score (nSPS) is 24.8. The van der Waals surface area contributed by atoms with E-state index in [0.717, 1.165) is 45.6 Å². The van der Waals surface area contributed by atoms with E-state index in [-0.39, 0.29) is 30.2 Å². The van der Waals surface area contributed by atoms with Crippen molar-refractivity contribution in [3.05, 3.63) is 41.5 Å². The molecule has 2 aliphatic rings. The van der Waals surface area contributed by atoms with Crippen molar-refractivity contribution in [1.29, 1.82) is 0 Å². The maximum Gasteiger partial charge on any atom is 0.0472 e. The molecule has 1 heterocycles. The minimum Gasteiger partial charge on any atom is -0.381 e. The summed E-state index contributed by atoms with van der Waals surface area (Å²) in [5, 5.41) is 3.79. The fourth-order valence-corrected chi connectivity index (χ4v) is 3.67. The highest BCUT2D eigenvalue weighted by molar-refractivity contribution is 5.85. The number of benzene rings is 1. The van der Waals surface area contributed by atoms with Crippen molar-refractivity contribution in [2.75, 3.05) is 26.3 Å². The summed E-state index contributed by atoms with van der Waals surface area (Å²) in [4.78, 5) is 0. The number of halogens is 2. The molecule has 142 valence electrons. The summed E-state index contributed by atoms with van der Waals surface area (Å²) < 4.78 is 5.50. The standard InChI is InChI=1S/C20H30N2O.2ClH/c1-2-17(12-16-6-4-3-5-7-16)18-13-19(18)22-15-20(14-21)8-10-23-11-9-20;;/h3-7,12,18-19,22H,2,8-11,13-15,21H2,1H3;2*1H/t18-,19?;;/m0../s1. The fourth-order valence-electron chi connectivity index (χ4n) is 3.67. The van der Waals surface area contributed by atoms with Crippen molar-refractivity contribution in [2.24, 2.45) is 17.1 Å². The molecule has 1 aliphatic heterocycles. The molecule has 0 spiro atoms. The van der Waals surface area contributed by atoms with E-state index in [9.17, 15) is 0 Å². The number of nitrogens with two attached hydrogens (primary N) is 1. The van der Waals surface area contributed by atoms with E-state index in [2.05, 4.69) is 48.6 Å². The predicted molar refractivity (Wildman–Crippen MR) is 111 cm³/mol. The molecule has 1 aromatic rings. The zero-order valence-electron chi connectivity index (χ0n) is 15.1. The summed E-state index contributed by atoms with van der Waals surface area (Å²) in [6, 6.07) is 11.3. The van der Waals surface area contributed by atoms with E-state index >= 15 is 0 Å². The topological polar surface area (TPSA) is 47.3 Å². The lowest BCUT2D eigenvalue weighted by atomic mass is 9.80. The molecule has 25 heavy (non-hydrogen) atoms. The van der Waals surface area contributed by atoms with Crippen LogP contribution in [0.5, 0.6) is 0 Å². The summed E-state index contributed by atoms with van der Waals surface area (Å²) in [6.45, 7) is 5.80. The second-order valence-electron chi connectivity index (χ2n) is 7.13. The molecule has 0 bridgehead atoms. The minimum atomic E-state index is 0. The zero-order valence-corrected chi connectivity index (χ0v) is 16.7. The van der Waals surface area contributed by atoms with Crippen molar-refractivity contribution in [3.63, 3.8) is 0 Å². The van der Waals surface area contributed by atoms with Gasteiger partial charge in [-0.3, -0.25) is 0 Å².